The molecule has 1 aliphatic rings. The Hall–Kier alpha value is -2.44. The van der Waals surface area contributed by atoms with Crippen molar-refractivity contribution >= 4 is 32.6 Å². The van der Waals surface area contributed by atoms with Gasteiger partial charge in [0.1, 0.15) is 12.4 Å². The number of rotatable bonds is 5. The van der Waals surface area contributed by atoms with Gasteiger partial charge in [-0.15, -0.1) is 0 Å². The summed E-state index contributed by atoms with van der Waals surface area (Å²) in [5, 5.41) is 3.45. The molecule has 1 aromatic heterocycles. The highest BCUT2D eigenvalue weighted by Crippen LogP contribution is 2.26. The molecule has 5 nitrogen and oxygen atoms in total. The monoisotopic (exact) mass is 354 g/mol. The average molecular weight is 354 g/mol. The third kappa shape index (κ3) is 3.81. The lowest BCUT2D eigenvalue weighted by Gasteiger charge is -2.12. The van der Waals surface area contributed by atoms with Gasteiger partial charge in [-0.25, -0.2) is 4.98 Å². The quantitative estimate of drug-likeness (QED) is 0.749. The second-order valence-corrected chi connectivity index (χ2v) is 6.95. The Morgan fingerprint density at radius 1 is 1.28 bits per heavy atom. The number of benzene rings is 2. The zero-order chi connectivity index (χ0) is 17.1. The molecule has 128 valence electrons. The van der Waals surface area contributed by atoms with Crippen molar-refractivity contribution in [2.45, 2.75) is 18.9 Å². The Morgan fingerprint density at radius 3 is 3.04 bits per heavy atom. The van der Waals surface area contributed by atoms with Gasteiger partial charge in [0.25, 0.3) is 5.91 Å². The van der Waals surface area contributed by atoms with E-state index in [2.05, 4.69) is 10.3 Å². The molecule has 1 aliphatic heterocycles. The van der Waals surface area contributed by atoms with Crippen molar-refractivity contribution < 1.29 is 14.3 Å². The minimum Gasteiger partial charge on any atom is -0.491 e. The molecule has 0 saturated carbocycles. The number of carbonyl (C=O) groups excluding carboxylic acids is 1. The summed E-state index contributed by atoms with van der Waals surface area (Å²) in [6.45, 7) is 1.32. The Morgan fingerprint density at radius 2 is 2.20 bits per heavy atom. The number of carbonyl (C=O) groups is 1. The van der Waals surface area contributed by atoms with Crippen molar-refractivity contribution in [2.24, 2.45) is 0 Å². The third-order valence-corrected chi connectivity index (χ3v) is 5.02. The lowest BCUT2D eigenvalue weighted by Crippen LogP contribution is -2.16. The number of ether oxygens (including phenoxy) is 2. The van der Waals surface area contributed by atoms with Crippen LogP contribution in [0.1, 0.15) is 23.2 Å². The van der Waals surface area contributed by atoms with E-state index < -0.39 is 0 Å². The molecule has 6 heteroatoms. The Labute approximate surface area is 149 Å². The maximum absolute atomic E-state index is 12.5. The first-order chi connectivity index (χ1) is 12.3. The van der Waals surface area contributed by atoms with E-state index in [9.17, 15) is 4.79 Å². The molecule has 0 bridgehead atoms. The van der Waals surface area contributed by atoms with Crippen LogP contribution in [0.3, 0.4) is 0 Å². The van der Waals surface area contributed by atoms with E-state index in [0.717, 1.165) is 29.7 Å². The summed E-state index contributed by atoms with van der Waals surface area (Å²) in [6.07, 6.45) is 2.26. The van der Waals surface area contributed by atoms with E-state index in [1.165, 1.54) is 11.3 Å². The molecule has 0 unspecified atom stereocenters. The van der Waals surface area contributed by atoms with Crippen LogP contribution in [0.2, 0.25) is 0 Å². The fourth-order valence-electron chi connectivity index (χ4n) is 2.79. The van der Waals surface area contributed by atoms with Crippen LogP contribution in [-0.2, 0) is 4.74 Å². The van der Waals surface area contributed by atoms with Gasteiger partial charge in [-0.3, -0.25) is 10.1 Å². The van der Waals surface area contributed by atoms with E-state index in [-0.39, 0.29) is 12.0 Å². The molecular formula is C19H18N2O3S. The number of nitrogens with zero attached hydrogens (tertiary/aromatic N) is 1. The Kier molecular flexibility index (Phi) is 4.63. The van der Waals surface area contributed by atoms with Gasteiger partial charge in [0.05, 0.1) is 16.3 Å². The molecule has 0 radical (unpaired) electrons. The van der Waals surface area contributed by atoms with Crippen LogP contribution >= 0.6 is 11.3 Å². The number of fused-ring (bicyclic) bond motifs is 1. The Balaban J connectivity index is 1.43. The molecule has 0 aliphatic carbocycles. The summed E-state index contributed by atoms with van der Waals surface area (Å²) in [5.41, 5.74) is 1.43. The SMILES string of the molecule is O=C(Nc1nc2ccccc2s1)c1cccc(OC[C@@H]2CCCO2)c1. The topological polar surface area (TPSA) is 60.5 Å². The third-order valence-electron chi connectivity index (χ3n) is 4.07. The van der Waals surface area contributed by atoms with Crippen LogP contribution in [0.4, 0.5) is 5.13 Å². The molecular weight excluding hydrogens is 336 g/mol. The van der Waals surface area contributed by atoms with Gasteiger partial charge in [-0.1, -0.05) is 29.5 Å². The Bertz CT molecular complexity index is 854. The highest BCUT2D eigenvalue weighted by Gasteiger charge is 2.16. The molecule has 1 atom stereocenters. The highest BCUT2D eigenvalue weighted by molar-refractivity contribution is 7.22. The normalized spacial score (nSPS) is 16.9. The summed E-state index contributed by atoms with van der Waals surface area (Å²) in [4.78, 5) is 16.9. The number of hydrogen-bond acceptors (Lipinski definition) is 5. The van der Waals surface area contributed by atoms with Crippen LogP contribution < -0.4 is 10.1 Å². The predicted octanol–water partition coefficient (Wildman–Crippen LogP) is 4.11. The molecule has 2 heterocycles. The summed E-state index contributed by atoms with van der Waals surface area (Å²) in [7, 11) is 0. The van der Waals surface area contributed by atoms with E-state index in [0.29, 0.717) is 23.1 Å². The first kappa shape index (κ1) is 16.1. The van der Waals surface area contributed by atoms with Crippen LogP contribution in [-0.4, -0.2) is 30.2 Å². The van der Waals surface area contributed by atoms with Crippen LogP contribution in [0.15, 0.2) is 48.5 Å². The smallest absolute Gasteiger partial charge is 0.257 e. The maximum atomic E-state index is 12.5. The first-order valence-electron chi connectivity index (χ1n) is 8.29. The van der Waals surface area contributed by atoms with Gasteiger partial charge in [0, 0.05) is 12.2 Å². The fraction of sp³-hybridized carbons (Fsp3) is 0.263. The van der Waals surface area contributed by atoms with Crippen LogP contribution in [0.25, 0.3) is 10.2 Å². The minimum atomic E-state index is -0.193. The fourth-order valence-corrected chi connectivity index (χ4v) is 3.65. The standard InChI is InChI=1S/C19H18N2O3S/c22-18(21-19-20-16-8-1-2-9-17(16)25-19)13-5-3-6-14(11-13)24-12-15-7-4-10-23-15/h1-3,5-6,8-9,11,15H,4,7,10,12H2,(H,20,21,22)/t15-/m0/s1. The first-order valence-corrected chi connectivity index (χ1v) is 9.11. The second kappa shape index (κ2) is 7.21. The minimum absolute atomic E-state index is 0.153. The molecule has 4 rings (SSSR count). The van der Waals surface area contributed by atoms with Gasteiger partial charge in [0.15, 0.2) is 5.13 Å². The molecule has 25 heavy (non-hydrogen) atoms. The number of anilines is 1. The second-order valence-electron chi connectivity index (χ2n) is 5.91. The molecule has 3 aromatic rings. The number of hydrogen-bond donors (Lipinski definition) is 1. The zero-order valence-electron chi connectivity index (χ0n) is 13.6. The number of thiazole rings is 1. The van der Waals surface area contributed by atoms with Crippen molar-refractivity contribution in [3.63, 3.8) is 0 Å². The molecule has 0 spiro atoms. The summed E-state index contributed by atoms with van der Waals surface area (Å²) in [5.74, 6) is 0.481. The van der Waals surface area contributed by atoms with Gasteiger partial charge < -0.3 is 9.47 Å². The number of aromatic nitrogens is 1. The zero-order valence-corrected chi connectivity index (χ0v) is 14.4. The van der Waals surface area contributed by atoms with Crippen molar-refractivity contribution in [3.8, 4) is 5.75 Å². The van der Waals surface area contributed by atoms with Gasteiger partial charge in [-0.2, -0.15) is 0 Å². The average Bonchev–Trinajstić information content (AvgIpc) is 3.29. The summed E-state index contributed by atoms with van der Waals surface area (Å²) < 4.78 is 12.4. The lowest BCUT2D eigenvalue weighted by molar-refractivity contribution is 0.0679. The lowest BCUT2D eigenvalue weighted by atomic mass is 10.2. The molecule has 1 amide bonds. The van der Waals surface area contributed by atoms with Gasteiger partial charge in [0.2, 0.25) is 0 Å². The highest BCUT2D eigenvalue weighted by atomic mass is 32.1. The summed E-state index contributed by atoms with van der Waals surface area (Å²) >= 11 is 1.46. The summed E-state index contributed by atoms with van der Waals surface area (Å²) in [6, 6.07) is 15.0. The van der Waals surface area contributed by atoms with Crippen molar-refractivity contribution in [1.29, 1.82) is 0 Å². The van der Waals surface area contributed by atoms with Crippen LogP contribution in [0, 0.1) is 0 Å². The van der Waals surface area contributed by atoms with Crippen LogP contribution in [0.5, 0.6) is 5.75 Å². The van der Waals surface area contributed by atoms with Gasteiger partial charge in [-0.05, 0) is 43.2 Å². The number of para-hydroxylation sites is 1. The van der Waals surface area contributed by atoms with E-state index in [1.54, 1.807) is 12.1 Å². The molecule has 1 N–H and O–H groups in total. The number of nitrogens with one attached hydrogen (secondary N) is 1. The van der Waals surface area contributed by atoms with Crippen molar-refractivity contribution in [1.82, 2.24) is 4.98 Å². The van der Waals surface area contributed by atoms with E-state index in [1.807, 2.05) is 36.4 Å². The number of amides is 1. The molecule has 1 fully saturated rings. The van der Waals surface area contributed by atoms with Crippen molar-refractivity contribution in [2.75, 3.05) is 18.5 Å². The van der Waals surface area contributed by atoms with E-state index >= 15 is 0 Å². The molecule has 2 aromatic carbocycles. The van der Waals surface area contributed by atoms with E-state index in [4.69, 9.17) is 9.47 Å². The maximum Gasteiger partial charge on any atom is 0.257 e. The van der Waals surface area contributed by atoms with Gasteiger partial charge >= 0.3 is 0 Å². The van der Waals surface area contributed by atoms with Crippen molar-refractivity contribution in [3.05, 3.63) is 54.1 Å². The largest absolute Gasteiger partial charge is 0.491 e. The molecule has 1 saturated heterocycles. The predicted molar refractivity (Wildman–Crippen MR) is 98.5 cm³/mol.